The van der Waals surface area contributed by atoms with Gasteiger partial charge >= 0.3 is 6.09 Å². The minimum Gasteiger partial charge on any atom is -0.495 e. The first-order valence-electron chi connectivity index (χ1n) is 11.7. The number of hydrogen-bond donors (Lipinski definition) is 2. The molecule has 5 rings (SSSR count). The maximum absolute atomic E-state index is 13.2. The first kappa shape index (κ1) is 22.7. The minimum atomic E-state index is -1.06. The van der Waals surface area contributed by atoms with E-state index in [1.165, 1.54) is 0 Å². The predicted octanol–water partition coefficient (Wildman–Crippen LogP) is 3.49. The van der Waals surface area contributed by atoms with Gasteiger partial charge in [0.1, 0.15) is 11.4 Å². The Labute approximate surface area is 202 Å². The Hall–Kier alpha value is -4.08. The lowest BCUT2D eigenvalue weighted by Gasteiger charge is -2.32. The third kappa shape index (κ3) is 4.05. The molecule has 1 aliphatic rings. The van der Waals surface area contributed by atoms with Gasteiger partial charge in [-0.3, -0.25) is 4.79 Å². The molecule has 2 N–H and O–H groups in total. The molecule has 3 aromatic heterocycles. The first-order chi connectivity index (χ1) is 16.9. The number of methoxy groups -OCH3 is 1. The number of pyridine rings is 1. The van der Waals surface area contributed by atoms with Gasteiger partial charge in [-0.15, -0.1) is 0 Å². The van der Waals surface area contributed by atoms with Crippen molar-refractivity contribution in [3.63, 3.8) is 0 Å². The second-order valence-electron chi connectivity index (χ2n) is 8.80. The number of imidazole rings is 1. The number of amides is 2. The Bertz CT molecular complexity index is 1440. The summed E-state index contributed by atoms with van der Waals surface area (Å²) < 4.78 is 9.47. The van der Waals surface area contributed by atoms with Crippen LogP contribution in [0.4, 0.5) is 4.79 Å². The summed E-state index contributed by atoms with van der Waals surface area (Å²) in [6, 6.07) is 9.31. The van der Waals surface area contributed by atoms with Gasteiger partial charge in [-0.25, -0.2) is 14.8 Å². The van der Waals surface area contributed by atoms with Crippen molar-refractivity contribution in [1.29, 1.82) is 0 Å². The molecule has 1 aliphatic heterocycles. The number of ether oxygens (including phenoxy) is 1. The van der Waals surface area contributed by atoms with Crippen molar-refractivity contribution < 1.29 is 19.4 Å². The average Bonchev–Trinajstić information content (AvgIpc) is 3.39. The molecule has 4 heterocycles. The number of nitrogens with zero attached hydrogens (tertiary/aromatic N) is 5. The molecule has 35 heavy (non-hydrogen) atoms. The van der Waals surface area contributed by atoms with E-state index in [1.54, 1.807) is 18.2 Å². The van der Waals surface area contributed by atoms with Crippen LogP contribution in [-0.4, -0.2) is 67.4 Å². The van der Waals surface area contributed by atoms with E-state index in [1.807, 2.05) is 35.9 Å². The van der Waals surface area contributed by atoms with Gasteiger partial charge in [-0.05, 0) is 50.1 Å². The standard InChI is InChI=1S/C25H28N6O4/c1-4-31-21(12-16-10-18(35-3)13-26-22(16)31)23-28-19-11-15(7-8-20(19)29(23)2)24(32)30-9-5-6-17(14-30)27-25(33)34/h7-8,10-13,17,27H,4-6,9,14H2,1-3H3,(H,33,34). The molecule has 1 atom stereocenters. The molecule has 1 unspecified atom stereocenters. The van der Waals surface area contributed by atoms with Crippen molar-refractivity contribution in [2.24, 2.45) is 7.05 Å². The van der Waals surface area contributed by atoms with E-state index >= 15 is 0 Å². The van der Waals surface area contributed by atoms with E-state index < -0.39 is 6.09 Å². The number of carboxylic acid groups (broad SMARTS) is 1. The van der Waals surface area contributed by atoms with Crippen molar-refractivity contribution in [2.45, 2.75) is 32.4 Å². The summed E-state index contributed by atoms with van der Waals surface area (Å²) in [6.07, 6.45) is 2.13. The summed E-state index contributed by atoms with van der Waals surface area (Å²) in [5.41, 5.74) is 3.98. The number of carbonyl (C=O) groups excluding carboxylic acids is 1. The lowest BCUT2D eigenvalue weighted by Crippen LogP contribution is -2.49. The van der Waals surface area contributed by atoms with Crippen molar-refractivity contribution in [3.05, 3.63) is 42.1 Å². The molecule has 0 spiro atoms. The van der Waals surface area contributed by atoms with E-state index in [0.29, 0.717) is 24.4 Å². The molecule has 0 aliphatic carbocycles. The van der Waals surface area contributed by atoms with Crippen LogP contribution in [0.2, 0.25) is 0 Å². The second kappa shape index (κ2) is 8.94. The Balaban J connectivity index is 1.50. The van der Waals surface area contributed by atoms with Crippen LogP contribution in [0.15, 0.2) is 36.5 Å². The Morgan fingerprint density at radius 1 is 1.26 bits per heavy atom. The predicted molar refractivity (Wildman–Crippen MR) is 132 cm³/mol. The van der Waals surface area contributed by atoms with Gasteiger partial charge in [0, 0.05) is 43.7 Å². The largest absolute Gasteiger partial charge is 0.495 e. The van der Waals surface area contributed by atoms with E-state index in [9.17, 15) is 9.59 Å². The Morgan fingerprint density at radius 2 is 2.09 bits per heavy atom. The zero-order valence-electron chi connectivity index (χ0n) is 20.0. The fraction of sp³-hybridized carbons (Fsp3) is 0.360. The maximum Gasteiger partial charge on any atom is 0.404 e. The number of piperidine rings is 1. The molecular weight excluding hydrogens is 448 g/mol. The van der Waals surface area contributed by atoms with Crippen molar-refractivity contribution in [2.75, 3.05) is 20.2 Å². The van der Waals surface area contributed by atoms with Crippen molar-refractivity contribution >= 4 is 34.1 Å². The molecule has 0 saturated carbocycles. The van der Waals surface area contributed by atoms with Gasteiger partial charge in [0.25, 0.3) is 5.91 Å². The van der Waals surface area contributed by atoms with E-state index in [4.69, 9.17) is 14.8 Å². The molecule has 10 heteroatoms. The first-order valence-corrected chi connectivity index (χ1v) is 11.7. The number of aryl methyl sites for hydroxylation is 2. The van der Waals surface area contributed by atoms with Crippen molar-refractivity contribution in [1.82, 2.24) is 29.3 Å². The lowest BCUT2D eigenvalue weighted by atomic mass is 10.0. The number of aromatic nitrogens is 4. The summed E-state index contributed by atoms with van der Waals surface area (Å²) in [7, 11) is 3.59. The number of benzene rings is 1. The molecule has 2 amide bonds. The van der Waals surface area contributed by atoms with Crippen LogP contribution >= 0.6 is 0 Å². The zero-order chi connectivity index (χ0) is 24.7. The molecule has 1 aromatic carbocycles. The van der Waals surface area contributed by atoms with Crippen LogP contribution in [0.3, 0.4) is 0 Å². The Morgan fingerprint density at radius 3 is 2.83 bits per heavy atom. The molecule has 0 bridgehead atoms. The number of nitrogens with one attached hydrogen (secondary N) is 1. The van der Waals surface area contributed by atoms with Crippen LogP contribution in [-0.2, 0) is 13.6 Å². The fourth-order valence-electron chi connectivity index (χ4n) is 4.94. The summed E-state index contributed by atoms with van der Waals surface area (Å²) in [5.74, 6) is 1.37. The molecule has 10 nitrogen and oxygen atoms in total. The number of fused-ring (bicyclic) bond motifs is 2. The number of likely N-dealkylation sites (tertiary alicyclic amines) is 1. The van der Waals surface area contributed by atoms with Crippen LogP contribution in [0, 0.1) is 0 Å². The molecular formula is C25H28N6O4. The normalized spacial score (nSPS) is 16.1. The van der Waals surface area contributed by atoms with E-state index in [2.05, 4.69) is 27.9 Å². The monoisotopic (exact) mass is 476 g/mol. The van der Waals surface area contributed by atoms with Crippen molar-refractivity contribution in [3.8, 4) is 17.3 Å². The SMILES string of the molecule is CCn1c(-c2nc3cc(C(=O)N4CCCC(NC(=O)O)C4)ccc3n2C)cc2cc(OC)cnc21. The molecule has 4 aromatic rings. The highest BCUT2D eigenvalue weighted by molar-refractivity contribution is 5.98. The quantitative estimate of drug-likeness (QED) is 0.456. The second-order valence-corrected chi connectivity index (χ2v) is 8.80. The van der Waals surface area contributed by atoms with Gasteiger partial charge < -0.3 is 29.2 Å². The summed E-state index contributed by atoms with van der Waals surface area (Å²) >= 11 is 0. The lowest BCUT2D eigenvalue weighted by molar-refractivity contribution is 0.0692. The Kier molecular flexibility index (Phi) is 5.80. The van der Waals surface area contributed by atoms with Crippen LogP contribution in [0.25, 0.3) is 33.6 Å². The van der Waals surface area contributed by atoms with Gasteiger partial charge in [0.2, 0.25) is 0 Å². The summed E-state index contributed by atoms with van der Waals surface area (Å²) in [6.45, 7) is 3.77. The molecule has 182 valence electrons. The topological polar surface area (TPSA) is 115 Å². The van der Waals surface area contributed by atoms with E-state index in [-0.39, 0.29) is 11.9 Å². The van der Waals surface area contributed by atoms with Gasteiger partial charge in [-0.1, -0.05) is 0 Å². The fourth-order valence-corrected chi connectivity index (χ4v) is 4.94. The highest BCUT2D eigenvalue weighted by Gasteiger charge is 2.26. The molecule has 0 radical (unpaired) electrons. The third-order valence-electron chi connectivity index (χ3n) is 6.65. The molecule has 1 saturated heterocycles. The third-order valence-corrected chi connectivity index (χ3v) is 6.65. The number of hydrogen-bond acceptors (Lipinski definition) is 5. The van der Waals surface area contributed by atoms with Gasteiger partial charge in [0.05, 0.1) is 30.0 Å². The highest BCUT2D eigenvalue weighted by Crippen LogP contribution is 2.31. The number of rotatable bonds is 5. The molecule has 1 fully saturated rings. The van der Waals surface area contributed by atoms with Crippen LogP contribution in [0.1, 0.15) is 30.1 Å². The minimum absolute atomic E-state index is 0.116. The average molecular weight is 477 g/mol. The smallest absolute Gasteiger partial charge is 0.404 e. The summed E-state index contributed by atoms with van der Waals surface area (Å²) in [4.78, 5) is 35.4. The van der Waals surface area contributed by atoms with Crippen LogP contribution in [0.5, 0.6) is 5.75 Å². The van der Waals surface area contributed by atoms with E-state index in [0.717, 1.165) is 53.0 Å². The maximum atomic E-state index is 13.2. The van der Waals surface area contributed by atoms with Gasteiger partial charge in [-0.2, -0.15) is 0 Å². The number of carbonyl (C=O) groups is 2. The zero-order valence-corrected chi connectivity index (χ0v) is 20.0. The van der Waals surface area contributed by atoms with Gasteiger partial charge in [0.15, 0.2) is 5.82 Å². The highest BCUT2D eigenvalue weighted by atomic mass is 16.5. The van der Waals surface area contributed by atoms with Crippen LogP contribution < -0.4 is 10.1 Å². The summed E-state index contributed by atoms with van der Waals surface area (Å²) in [5, 5.41) is 12.5.